The maximum Gasteiger partial charge on any atom is 0.341 e. The van der Waals surface area contributed by atoms with E-state index in [1.165, 1.54) is 11.3 Å². The van der Waals surface area contributed by atoms with Crippen LogP contribution in [0.3, 0.4) is 0 Å². The lowest BCUT2D eigenvalue weighted by Crippen LogP contribution is -2.26. The molecule has 3 aromatic heterocycles. The Hall–Kier alpha value is -2.91. The van der Waals surface area contributed by atoms with Crippen molar-refractivity contribution in [2.45, 2.75) is 26.8 Å². The number of likely N-dealkylation sites (N-methyl/N-ethyl adjacent to an activating group) is 1. The van der Waals surface area contributed by atoms with Crippen molar-refractivity contribution < 1.29 is 19.1 Å². The molecule has 0 saturated carbocycles. The first kappa shape index (κ1) is 20.4. The molecule has 1 aliphatic rings. The fraction of sp³-hybridized carbons (Fsp3) is 0.381. The van der Waals surface area contributed by atoms with Gasteiger partial charge in [0.1, 0.15) is 5.00 Å². The molecule has 30 heavy (non-hydrogen) atoms. The van der Waals surface area contributed by atoms with E-state index >= 15 is 0 Å². The number of carbonyl (C=O) groups is 2. The topological polar surface area (TPSA) is 85.2 Å². The van der Waals surface area contributed by atoms with Crippen LogP contribution in [-0.2, 0) is 22.5 Å². The molecular weight excluding hydrogens is 404 g/mol. The molecule has 0 aliphatic carbocycles. The van der Waals surface area contributed by atoms with Crippen molar-refractivity contribution in [3.63, 3.8) is 0 Å². The average molecular weight is 429 g/mol. The number of hydrogen-bond donors (Lipinski definition) is 1. The second kappa shape index (κ2) is 8.45. The van der Waals surface area contributed by atoms with Gasteiger partial charge in [-0.3, -0.25) is 4.79 Å². The third kappa shape index (κ3) is 4.03. The summed E-state index contributed by atoms with van der Waals surface area (Å²) in [7, 11) is 2.04. The average Bonchev–Trinajstić information content (AvgIpc) is 3.25. The van der Waals surface area contributed by atoms with Crippen molar-refractivity contribution in [3.05, 3.63) is 46.2 Å². The van der Waals surface area contributed by atoms with Crippen LogP contribution < -0.4 is 10.1 Å². The number of esters is 1. The van der Waals surface area contributed by atoms with Gasteiger partial charge in [0.05, 0.1) is 17.9 Å². The molecule has 0 bridgehead atoms. The predicted octanol–water partition coefficient (Wildman–Crippen LogP) is 2.89. The summed E-state index contributed by atoms with van der Waals surface area (Å²) in [6, 6.07) is 3.61. The van der Waals surface area contributed by atoms with Crippen molar-refractivity contribution >= 4 is 33.9 Å². The Morgan fingerprint density at radius 3 is 3.00 bits per heavy atom. The monoisotopic (exact) mass is 428 g/mol. The van der Waals surface area contributed by atoms with Gasteiger partial charge < -0.3 is 24.1 Å². The zero-order chi connectivity index (χ0) is 21.3. The number of carbonyl (C=O) groups excluding carboxylic acids is 2. The fourth-order valence-electron chi connectivity index (χ4n) is 3.57. The number of anilines is 1. The van der Waals surface area contributed by atoms with E-state index in [2.05, 4.69) is 15.2 Å². The van der Waals surface area contributed by atoms with Gasteiger partial charge in [-0.1, -0.05) is 0 Å². The summed E-state index contributed by atoms with van der Waals surface area (Å²) >= 11 is 1.43. The third-order valence-electron chi connectivity index (χ3n) is 4.91. The molecule has 0 unspecified atom stereocenters. The minimum atomic E-state index is -0.395. The van der Waals surface area contributed by atoms with Crippen LogP contribution in [-0.4, -0.2) is 53.0 Å². The number of nitrogens with zero attached hydrogens (tertiary/aromatic N) is 3. The Bertz CT molecular complexity index is 1100. The summed E-state index contributed by atoms with van der Waals surface area (Å²) in [5.41, 5.74) is 2.98. The Morgan fingerprint density at radius 2 is 2.20 bits per heavy atom. The lowest BCUT2D eigenvalue weighted by atomic mass is 10.0. The van der Waals surface area contributed by atoms with E-state index in [1.807, 2.05) is 36.8 Å². The Morgan fingerprint density at radius 1 is 1.37 bits per heavy atom. The van der Waals surface area contributed by atoms with Gasteiger partial charge in [-0.05, 0) is 45.0 Å². The van der Waals surface area contributed by atoms with Gasteiger partial charge in [-0.15, -0.1) is 11.3 Å². The van der Waals surface area contributed by atoms with E-state index in [1.54, 1.807) is 13.0 Å². The Balaban J connectivity index is 1.52. The minimum absolute atomic E-state index is 0.184. The molecule has 9 heteroatoms. The van der Waals surface area contributed by atoms with E-state index in [4.69, 9.17) is 9.47 Å². The lowest BCUT2D eigenvalue weighted by Gasteiger charge is -2.22. The van der Waals surface area contributed by atoms with Gasteiger partial charge in [0.2, 0.25) is 0 Å². The predicted molar refractivity (Wildman–Crippen MR) is 114 cm³/mol. The highest BCUT2D eigenvalue weighted by molar-refractivity contribution is 7.17. The Kier molecular flexibility index (Phi) is 5.74. The van der Waals surface area contributed by atoms with Crippen molar-refractivity contribution in [1.82, 2.24) is 14.3 Å². The van der Waals surface area contributed by atoms with Gasteiger partial charge in [-0.25, -0.2) is 9.78 Å². The maximum absolute atomic E-state index is 12.6. The van der Waals surface area contributed by atoms with Gasteiger partial charge in [0.25, 0.3) is 5.91 Å². The number of aryl methyl sites for hydroxylation is 1. The molecular formula is C21H24N4O4S. The van der Waals surface area contributed by atoms with Crippen molar-refractivity contribution in [3.8, 4) is 5.75 Å². The van der Waals surface area contributed by atoms with Crippen LogP contribution in [0.5, 0.6) is 5.75 Å². The number of amides is 1. The summed E-state index contributed by atoms with van der Waals surface area (Å²) in [5, 5.41) is 3.38. The maximum atomic E-state index is 12.6. The van der Waals surface area contributed by atoms with Gasteiger partial charge in [0.15, 0.2) is 18.0 Å². The van der Waals surface area contributed by atoms with Crippen LogP contribution in [0.25, 0.3) is 5.65 Å². The zero-order valence-corrected chi connectivity index (χ0v) is 18.0. The number of nitrogens with one attached hydrogen (secondary N) is 1. The van der Waals surface area contributed by atoms with Crippen LogP contribution in [0.4, 0.5) is 5.00 Å². The highest BCUT2D eigenvalue weighted by atomic mass is 32.1. The molecule has 1 aliphatic heterocycles. The molecule has 3 aromatic rings. The van der Waals surface area contributed by atoms with Crippen LogP contribution >= 0.6 is 11.3 Å². The molecule has 4 heterocycles. The van der Waals surface area contributed by atoms with Crippen LogP contribution in [0, 0.1) is 6.92 Å². The van der Waals surface area contributed by atoms with E-state index < -0.39 is 5.97 Å². The normalized spacial score (nSPS) is 13.8. The summed E-state index contributed by atoms with van der Waals surface area (Å²) in [6.45, 7) is 5.38. The number of ether oxygens (including phenoxy) is 2. The van der Waals surface area contributed by atoms with Crippen LogP contribution in [0.15, 0.2) is 24.5 Å². The molecule has 0 fully saturated rings. The largest absolute Gasteiger partial charge is 0.480 e. The molecule has 0 aromatic carbocycles. The number of rotatable bonds is 6. The van der Waals surface area contributed by atoms with Gasteiger partial charge >= 0.3 is 5.97 Å². The number of thiophene rings is 1. The summed E-state index contributed by atoms with van der Waals surface area (Å²) in [6.07, 6.45) is 4.52. The smallest absolute Gasteiger partial charge is 0.341 e. The first-order chi connectivity index (χ1) is 14.5. The van der Waals surface area contributed by atoms with Crippen LogP contribution in [0.2, 0.25) is 0 Å². The molecule has 4 rings (SSSR count). The quantitative estimate of drug-likeness (QED) is 0.608. The third-order valence-corrected chi connectivity index (χ3v) is 6.04. The van der Waals surface area contributed by atoms with E-state index in [0.717, 1.165) is 35.6 Å². The van der Waals surface area contributed by atoms with Gasteiger partial charge in [-0.2, -0.15) is 0 Å². The lowest BCUT2D eigenvalue weighted by molar-refractivity contribution is -0.118. The van der Waals surface area contributed by atoms with Crippen molar-refractivity contribution in [2.24, 2.45) is 0 Å². The standard InChI is InChI=1S/C21H24N4O4S/c1-4-28-21(27)18-14-7-9-24(3)11-16(14)30-20(18)23-17(26)12-29-15-6-5-8-25-10-13(2)22-19(15)25/h5-6,8,10H,4,7,9,11-12H2,1-3H3,(H,23,26). The first-order valence-corrected chi connectivity index (χ1v) is 10.6. The summed E-state index contributed by atoms with van der Waals surface area (Å²) < 4.78 is 12.8. The molecule has 0 spiro atoms. The highest BCUT2D eigenvalue weighted by Gasteiger charge is 2.28. The molecule has 1 amide bonds. The molecule has 0 radical (unpaired) electrons. The second-order valence-electron chi connectivity index (χ2n) is 7.24. The summed E-state index contributed by atoms with van der Waals surface area (Å²) in [4.78, 5) is 32.9. The van der Waals surface area contributed by atoms with Crippen molar-refractivity contribution in [2.75, 3.05) is 32.1 Å². The molecule has 1 N–H and O–H groups in total. The molecule has 158 valence electrons. The van der Waals surface area contributed by atoms with E-state index in [9.17, 15) is 9.59 Å². The highest BCUT2D eigenvalue weighted by Crippen LogP contribution is 2.37. The summed E-state index contributed by atoms with van der Waals surface area (Å²) in [5.74, 6) is -0.204. The van der Waals surface area contributed by atoms with Crippen molar-refractivity contribution in [1.29, 1.82) is 0 Å². The zero-order valence-electron chi connectivity index (χ0n) is 17.2. The second-order valence-corrected chi connectivity index (χ2v) is 8.34. The van der Waals surface area contributed by atoms with E-state index in [0.29, 0.717) is 22.0 Å². The Labute approximate surface area is 178 Å². The fourth-order valence-corrected chi connectivity index (χ4v) is 4.90. The number of hydrogen-bond acceptors (Lipinski definition) is 7. The van der Waals surface area contributed by atoms with Crippen LogP contribution in [0.1, 0.15) is 33.4 Å². The number of aromatic nitrogens is 2. The number of pyridine rings is 1. The first-order valence-electron chi connectivity index (χ1n) is 9.83. The SMILES string of the molecule is CCOC(=O)c1c(NC(=O)COc2cccn3cc(C)nc23)sc2c1CCN(C)C2. The number of fused-ring (bicyclic) bond motifs is 2. The van der Waals surface area contributed by atoms with E-state index in [-0.39, 0.29) is 19.1 Å². The molecule has 0 saturated heterocycles. The number of imidazole rings is 1. The minimum Gasteiger partial charge on any atom is -0.480 e. The molecule has 8 nitrogen and oxygen atoms in total. The molecule has 0 atom stereocenters. The van der Waals surface area contributed by atoms with Gasteiger partial charge in [0, 0.05) is 30.4 Å².